The molecule has 0 spiro atoms. The molecule has 0 atom stereocenters. The fourth-order valence-electron chi connectivity index (χ4n) is 2.77. The third-order valence-corrected chi connectivity index (χ3v) is 4.16. The Morgan fingerprint density at radius 3 is 2.45 bits per heavy atom. The van der Waals surface area contributed by atoms with E-state index in [4.69, 9.17) is 21.1 Å². The molecule has 1 aromatic rings. The molecule has 2 heterocycles. The number of carbonyl (C=O) groups excluding carboxylic acids is 2. The summed E-state index contributed by atoms with van der Waals surface area (Å²) in [5.74, 6) is -1.11. The largest absolute Gasteiger partial charge is 0.461 e. The molecule has 1 amide bonds. The Labute approximate surface area is 172 Å². The second-order valence-electron chi connectivity index (χ2n) is 7.40. The Kier molecular flexibility index (Phi) is 7.17. The van der Waals surface area contributed by atoms with Crippen LogP contribution in [0.25, 0.3) is 0 Å². The van der Waals surface area contributed by atoms with Gasteiger partial charge in [-0.15, -0.1) is 0 Å². The molecule has 29 heavy (non-hydrogen) atoms. The fourth-order valence-corrected chi connectivity index (χ4v) is 2.94. The molecule has 11 nitrogen and oxygen atoms in total. The maximum absolute atomic E-state index is 12.2. The summed E-state index contributed by atoms with van der Waals surface area (Å²) < 4.78 is 10.2. The third-order valence-electron chi connectivity index (χ3n) is 4.00. The van der Waals surface area contributed by atoms with Crippen LogP contribution in [0.4, 0.5) is 16.3 Å². The molecule has 160 valence electrons. The lowest BCUT2D eigenvalue weighted by Crippen LogP contribution is -2.44. The molecule has 2 rings (SSSR count). The maximum Gasteiger partial charge on any atom is 0.410 e. The van der Waals surface area contributed by atoms with Crippen molar-refractivity contribution in [2.45, 2.75) is 52.2 Å². The van der Waals surface area contributed by atoms with Crippen LogP contribution in [0.15, 0.2) is 0 Å². The highest BCUT2D eigenvalue weighted by Gasteiger charge is 2.33. The zero-order valence-corrected chi connectivity index (χ0v) is 17.5. The first-order chi connectivity index (χ1) is 13.5. The minimum Gasteiger partial charge on any atom is -0.461 e. The second-order valence-corrected chi connectivity index (χ2v) is 7.74. The second kappa shape index (κ2) is 9.21. The molecule has 1 saturated heterocycles. The quantitative estimate of drug-likeness (QED) is 0.324. The van der Waals surface area contributed by atoms with Crippen LogP contribution in [-0.2, 0) is 9.47 Å². The van der Waals surface area contributed by atoms with Crippen LogP contribution in [0, 0.1) is 10.1 Å². The van der Waals surface area contributed by atoms with E-state index in [0.717, 1.165) is 0 Å². The van der Waals surface area contributed by atoms with Crippen molar-refractivity contribution in [3.8, 4) is 0 Å². The summed E-state index contributed by atoms with van der Waals surface area (Å²) in [4.78, 5) is 44.1. The van der Waals surface area contributed by atoms with E-state index in [2.05, 4.69) is 15.3 Å². The van der Waals surface area contributed by atoms with Gasteiger partial charge >= 0.3 is 17.7 Å². The van der Waals surface area contributed by atoms with Gasteiger partial charge in [0.05, 0.1) is 11.5 Å². The Morgan fingerprint density at radius 2 is 1.93 bits per heavy atom. The summed E-state index contributed by atoms with van der Waals surface area (Å²) in [5, 5.41) is 14.2. The minimum absolute atomic E-state index is 0.0312. The van der Waals surface area contributed by atoms with E-state index in [1.54, 1.807) is 32.6 Å². The van der Waals surface area contributed by atoms with Crippen molar-refractivity contribution in [2.24, 2.45) is 0 Å². The molecule has 12 heteroatoms. The van der Waals surface area contributed by atoms with Crippen molar-refractivity contribution in [2.75, 3.05) is 25.0 Å². The van der Waals surface area contributed by atoms with E-state index in [1.165, 1.54) is 0 Å². The Balaban J connectivity index is 2.14. The molecule has 1 aromatic heterocycles. The van der Waals surface area contributed by atoms with Gasteiger partial charge in [-0.05, 0) is 52.1 Å². The fraction of sp³-hybridized carbons (Fsp3) is 0.647. The number of likely N-dealkylation sites (tertiary alicyclic amines) is 1. The van der Waals surface area contributed by atoms with Gasteiger partial charge in [-0.3, -0.25) is 10.1 Å². The molecule has 0 aliphatic carbocycles. The lowest BCUT2D eigenvalue weighted by Gasteiger charge is -2.33. The number of aromatic nitrogens is 2. The van der Waals surface area contributed by atoms with Gasteiger partial charge in [-0.25, -0.2) is 14.6 Å². The van der Waals surface area contributed by atoms with Crippen molar-refractivity contribution in [3.05, 3.63) is 21.1 Å². The number of esters is 1. The van der Waals surface area contributed by atoms with Crippen molar-refractivity contribution in [3.63, 3.8) is 0 Å². The van der Waals surface area contributed by atoms with Crippen LogP contribution in [0.3, 0.4) is 0 Å². The van der Waals surface area contributed by atoms with Gasteiger partial charge in [0.15, 0.2) is 0 Å². The summed E-state index contributed by atoms with van der Waals surface area (Å²) in [6.45, 7) is 7.79. The van der Waals surface area contributed by atoms with E-state index in [9.17, 15) is 19.7 Å². The number of amides is 1. The Hall–Kier alpha value is -2.69. The molecule has 1 aliphatic rings. The molecule has 1 aliphatic heterocycles. The average Bonchev–Trinajstić information content (AvgIpc) is 2.60. The smallest absolute Gasteiger partial charge is 0.410 e. The minimum atomic E-state index is -0.953. The van der Waals surface area contributed by atoms with Crippen LogP contribution >= 0.6 is 11.6 Å². The Morgan fingerprint density at radius 1 is 1.31 bits per heavy atom. The highest BCUT2D eigenvalue weighted by atomic mass is 35.5. The van der Waals surface area contributed by atoms with Gasteiger partial charge < -0.3 is 19.7 Å². The van der Waals surface area contributed by atoms with Crippen molar-refractivity contribution in [1.29, 1.82) is 0 Å². The zero-order valence-electron chi connectivity index (χ0n) is 16.7. The molecular weight excluding hydrogens is 406 g/mol. The summed E-state index contributed by atoms with van der Waals surface area (Å²) in [6, 6.07) is -0.214. The van der Waals surface area contributed by atoms with E-state index in [1.807, 2.05) is 0 Å². The molecule has 0 saturated carbocycles. The van der Waals surface area contributed by atoms with Crippen molar-refractivity contribution >= 4 is 35.2 Å². The number of nitrogens with zero attached hydrogens (tertiary/aromatic N) is 4. The number of nitrogens with one attached hydrogen (secondary N) is 1. The maximum atomic E-state index is 12.2. The number of piperidine rings is 1. The normalized spacial score (nSPS) is 15.0. The number of carbonyl (C=O) groups is 2. The van der Waals surface area contributed by atoms with Crippen molar-refractivity contribution in [1.82, 2.24) is 14.9 Å². The van der Waals surface area contributed by atoms with Gasteiger partial charge in [-0.1, -0.05) is 0 Å². The molecule has 1 fully saturated rings. The first kappa shape index (κ1) is 22.6. The summed E-state index contributed by atoms with van der Waals surface area (Å²) in [5.41, 5.74) is -1.69. The van der Waals surface area contributed by atoms with Crippen molar-refractivity contribution < 1.29 is 24.0 Å². The van der Waals surface area contributed by atoms with Crippen LogP contribution in [-0.4, -0.2) is 63.2 Å². The predicted molar refractivity (Wildman–Crippen MR) is 104 cm³/mol. The van der Waals surface area contributed by atoms with Gasteiger partial charge in [0.1, 0.15) is 5.60 Å². The summed E-state index contributed by atoms with van der Waals surface area (Å²) >= 11 is 5.85. The van der Waals surface area contributed by atoms with Crippen LogP contribution in [0.1, 0.15) is 51.0 Å². The van der Waals surface area contributed by atoms with Gasteiger partial charge in [0, 0.05) is 19.1 Å². The highest BCUT2D eigenvalue weighted by Crippen LogP contribution is 2.30. The molecular formula is C17H24ClN5O6. The molecule has 0 unspecified atom stereocenters. The first-order valence-corrected chi connectivity index (χ1v) is 9.53. The molecule has 0 bridgehead atoms. The lowest BCUT2D eigenvalue weighted by molar-refractivity contribution is -0.384. The number of ether oxygens (including phenoxy) is 2. The number of halogens is 1. The third kappa shape index (κ3) is 6.14. The van der Waals surface area contributed by atoms with E-state index in [-0.39, 0.29) is 23.8 Å². The molecule has 1 N–H and O–H groups in total. The number of hydrogen-bond donors (Lipinski definition) is 1. The molecule has 0 radical (unpaired) electrons. The van der Waals surface area contributed by atoms with Crippen LogP contribution in [0.2, 0.25) is 5.28 Å². The van der Waals surface area contributed by atoms with Gasteiger partial charge in [0.2, 0.25) is 16.8 Å². The first-order valence-electron chi connectivity index (χ1n) is 9.15. The van der Waals surface area contributed by atoms with Crippen LogP contribution in [0.5, 0.6) is 0 Å². The number of nitro groups is 1. The predicted octanol–water partition coefficient (Wildman–Crippen LogP) is 3.03. The van der Waals surface area contributed by atoms with E-state index in [0.29, 0.717) is 25.9 Å². The SMILES string of the molecule is CCOC(=O)c1nc(Cl)nc(NC2CCN(C(=O)OC(C)(C)C)CC2)c1[N+](=O)[O-]. The number of rotatable bonds is 5. The number of hydrogen-bond acceptors (Lipinski definition) is 9. The Bertz CT molecular complexity index is 789. The van der Waals surface area contributed by atoms with Gasteiger partial charge in [-0.2, -0.15) is 4.98 Å². The van der Waals surface area contributed by atoms with Gasteiger partial charge in [0.25, 0.3) is 0 Å². The lowest BCUT2D eigenvalue weighted by atomic mass is 10.1. The highest BCUT2D eigenvalue weighted by molar-refractivity contribution is 6.28. The zero-order chi connectivity index (χ0) is 21.8. The number of anilines is 1. The topological polar surface area (TPSA) is 137 Å². The van der Waals surface area contributed by atoms with E-state index >= 15 is 0 Å². The average molecular weight is 430 g/mol. The molecule has 0 aromatic carbocycles. The summed E-state index contributed by atoms with van der Waals surface area (Å²) in [7, 11) is 0. The summed E-state index contributed by atoms with van der Waals surface area (Å²) in [6.07, 6.45) is 0.607. The monoisotopic (exact) mass is 429 g/mol. The standard InChI is InChI=1S/C17H24ClN5O6/c1-5-28-14(24)11-12(23(26)27)13(21-15(18)20-11)19-10-6-8-22(9-7-10)16(25)29-17(2,3)4/h10H,5-9H2,1-4H3,(H,19,20,21). The van der Waals surface area contributed by atoms with Crippen LogP contribution < -0.4 is 5.32 Å². The van der Waals surface area contributed by atoms with E-state index < -0.39 is 34.0 Å².